The molecule has 20 heavy (non-hydrogen) atoms. The summed E-state index contributed by atoms with van der Waals surface area (Å²) in [6.45, 7) is 2.77. The van der Waals surface area contributed by atoms with Crippen molar-refractivity contribution in [1.29, 1.82) is 0 Å². The number of hydrogen-bond donors (Lipinski definition) is 1. The largest absolute Gasteiger partial charge is 0.489 e. The molecule has 2 aromatic rings. The zero-order valence-electron chi connectivity index (χ0n) is 11.9. The van der Waals surface area contributed by atoms with Crippen LogP contribution in [0.2, 0.25) is 0 Å². The first-order valence-electron chi connectivity index (χ1n) is 7.27. The predicted octanol–water partition coefficient (Wildman–Crippen LogP) is 3.86. The molecular weight excluding hydrogens is 246 g/mol. The van der Waals surface area contributed by atoms with E-state index in [1.54, 1.807) is 0 Å². The van der Waals surface area contributed by atoms with Gasteiger partial charge in [0.2, 0.25) is 0 Å². The van der Waals surface area contributed by atoms with Crippen molar-refractivity contribution in [2.24, 2.45) is 5.73 Å². The topological polar surface area (TPSA) is 35.2 Å². The molecule has 0 saturated heterocycles. The second kappa shape index (κ2) is 5.29. The number of ether oxygens (including phenoxy) is 1. The Labute approximate surface area is 120 Å². The van der Waals surface area contributed by atoms with Gasteiger partial charge in [0.1, 0.15) is 12.4 Å². The highest BCUT2D eigenvalue weighted by atomic mass is 16.5. The lowest BCUT2D eigenvalue weighted by Gasteiger charge is -2.10. The van der Waals surface area contributed by atoms with Crippen molar-refractivity contribution in [3.05, 3.63) is 65.7 Å². The third-order valence-corrected chi connectivity index (χ3v) is 4.31. The Bertz CT molecular complexity index is 564. The molecule has 1 aliphatic rings. The molecule has 1 aliphatic carbocycles. The monoisotopic (exact) mass is 267 g/mol. The van der Waals surface area contributed by atoms with Crippen molar-refractivity contribution in [2.45, 2.75) is 37.8 Å². The Hall–Kier alpha value is -1.80. The molecule has 2 aromatic carbocycles. The van der Waals surface area contributed by atoms with Gasteiger partial charge in [0.15, 0.2) is 0 Å². The van der Waals surface area contributed by atoms with E-state index in [4.69, 9.17) is 10.5 Å². The van der Waals surface area contributed by atoms with Crippen LogP contribution in [-0.2, 0) is 6.61 Å². The maximum Gasteiger partial charge on any atom is 0.119 e. The SMILES string of the molecule is CC[C@@]1(N)C[C@H]1c1ccc(OCc2ccccc2)cc1. The molecule has 0 aliphatic heterocycles. The van der Waals surface area contributed by atoms with Crippen LogP contribution >= 0.6 is 0 Å². The van der Waals surface area contributed by atoms with Gasteiger partial charge in [0.25, 0.3) is 0 Å². The Morgan fingerprint density at radius 2 is 1.80 bits per heavy atom. The molecule has 2 N–H and O–H groups in total. The van der Waals surface area contributed by atoms with Gasteiger partial charge in [0.05, 0.1) is 0 Å². The van der Waals surface area contributed by atoms with Gasteiger partial charge in [-0.3, -0.25) is 0 Å². The number of benzene rings is 2. The summed E-state index contributed by atoms with van der Waals surface area (Å²) in [6.07, 6.45) is 2.15. The van der Waals surface area contributed by atoms with Gasteiger partial charge in [0, 0.05) is 11.5 Å². The standard InChI is InChI=1S/C18H21NO/c1-2-18(19)12-17(18)15-8-10-16(11-9-15)20-13-14-6-4-3-5-7-14/h3-11,17H,2,12-13,19H2,1H3/t17-,18+/m0/s1. The van der Waals surface area contributed by atoms with E-state index in [9.17, 15) is 0 Å². The molecule has 2 atom stereocenters. The number of nitrogens with two attached hydrogens (primary N) is 1. The minimum atomic E-state index is 0.0341. The van der Waals surface area contributed by atoms with E-state index in [2.05, 4.69) is 31.2 Å². The molecule has 0 radical (unpaired) electrons. The van der Waals surface area contributed by atoms with Crippen molar-refractivity contribution in [3.63, 3.8) is 0 Å². The summed E-state index contributed by atoms with van der Waals surface area (Å²) >= 11 is 0. The third-order valence-electron chi connectivity index (χ3n) is 4.31. The van der Waals surface area contributed by atoms with E-state index in [1.807, 2.05) is 30.3 Å². The minimum Gasteiger partial charge on any atom is -0.489 e. The van der Waals surface area contributed by atoms with Crippen LogP contribution in [0.4, 0.5) is 0 Å². The third kappa shape index (κ3) is 2.70. The summed E-state index contributed by atoms with van der Waals surface area (Å²) in [6, 6.07) is 18.6. The molecule has 0 bridgehead atoms. The van der Waals surface area contributed by atoms with Crippen molar-refractivity contribution >= 4 is 0 Å². The normalized spacial score (nSPS) is 24.4. The van der Waals surface area contributed by atoms with Crippen molar-refractivity contribution in [3.8, 4) is 5.75 Å². The second-order valence-corrected chi connectivity index (χ2v) is 5.69. The number of hydrogen-bond acceptors (Lipinski definition) is 2. The van der Waals surface area contributed by atoms with Gasteiger partial charge >= 0.3 is 0 Å². The molecule has 0 unspecified atom stereocenters. The molecule has 104 valence electrons. The van der Waals surface area contributed by atoms with E-state index in [0.717, 1.165) is 18.6 Å². The van der Waals surface area contributed by atoms with Crippen LogP contribution in [0.15, 0.2) is 54.6 Å². The highest BCUT2D eigenvalue weighted by Crippen LogP contribution is 2.51. The van der Waals surface area contributed by atoms with E-state index < -0.39 is 0 Å². The van der Waals surface area contributed by atoms with Crippen LogP contribution in [0, 0.1) is 0 Å². The Balaban J connectivity index is 1.60. The summed E-state index contributed by atoms with van der Waals surface area (Å²) in [4.78, 5) is 0. The van der Waals surface area contributed by atoms with Crippen molar-refractivity contribution < 1.29 is 4.74 Å². The highest BCUT2D eigenvalue weighted by Gasteiger charge is 2.49. The van der Waals surface area contributed by atoms with E-state index in [-0.39, 0.29) is 5.54 Å². The molecule has 1 saturated carbocycles. The van der Waals surface area contributed by atoms with Gasteiger partial charge < -0.3 is 10.5 Å². The lowest BCUT2D eigenvalue weighted by molar-refractivity contribution is 0.306. The first kappa shape index (κ1) is 13.2. The van der Waals surface area contributed by atoms with E-state index in [1.165, 1.54) is 11.1 Å². The molecule has 0 amide bonds. The van der Waals surface area contributed by atoms with E-state index in [0.29, 0.717) is 12.5 Å². The van der Waals surface area contributed by atoms with Crippen LogP contribution in [0.1, 0.15) is 36.8 Å². The summed E-state index contributed by atoms with van der Waals surface area (Å²) in [7, 11) is 0. The minimum absolute atomic E-state index is 0.0341. The van der Waals surface area contributed by atoms with Gasteiger partial charge in [-0.05, 0) is 36.1 Å². The lowest BCUT2D eigenvalue weighted by Crippen LogP contribution is -2.22. The molecule has 0 spiro atoms. The smallest absolute Gasteiger partial charge is 0.119 e. The van der Waals surface area contributed by atoms with Crippen LogP contribution in [-0.4, -0.2) is 5.54 Å². The predicted molar refractivity (Wildman–Crippen MR) is 81.8 cm³/mol. The Morgan fingerprint density at radius 1 is 1.10 bits per heavy atom. The van der Waals surface area contributed by atoms with Crippen molar-refractivity contribution in [2.75, 3.05) is 0 Å². The average molecular weight is 267 g/mol. The number of rotatable bonds is 5. The maximum atomic E-state index is 6.26. The fourth-order valence-electron chi connectivity index (χ4n) is 2.70. The van der Waals surface area contributed by atoms with E-state index >= 15 is 0 Å². The van der Waals surface area contributed by atoms with Crippen molar-refractivity contribution in [1.82, 2.24) is 0 Å². The fraction of sp³-hybridized carbons (Fsp3) is 0.333. The van der Waals surface area contributed by atoms with Crippen LogP contribution in [0.25, 0.3) is 0 Å². The zero-order chi connectivity index (χ0) is 14.0. The van der Waals surface area contributed by atoms with Gasteiger partial charge in [-0.2, -0.15) is 0 Å². The Kier molecular flexibility index (Phi) is 3.49. The summed E-state index contributed by atoms with van der Waals surface area (Å²) in [5, 5.41) is 0. The quantitative estimate of drug-likeness (QED) is 0.892. The van der Waals surface area contributed by atoms with Gasteiger partial charge in [-0.1, -0.05) is 49.4 Å². The van der Waals surface area contributed by atoms with Crippen LogP contribution < -0.4 is 10.5 Å². The van der Waals surface area contributed by atoms with Crippen LogP contribution in [0.3, 0.4) is 0 Å². The highest BCUT2D eigenvalue weighted by molar-refractivity contribution is 5.36. The maximum absolute atomic E-state index is 6.26. The molecule has 1 fully saturated rings. The van der Waals surface area contributed by atoms with Gasteiger partial charge in [-0.15, -0.1) is 0 Å². The first-order chi connectivity index (χ1) is 9.71. The lowest BCUT2D eigenvalue weighted by atomic mass is 10.0. The Morgan fingerprint density at radius 3 is 2.40 bits per heavy atom. The fourth-order valence-corrected chi connectivity index (χ4v) is 2.70. The molecule has 2 nitrogen and oxygen atoms in total. The summed E-state index contributed by atoms with van der Waals surface area (Å²) in [5.41, 5.74) is 8.82. The molecular formula is C18H21NO. The second-order valence-electron chi connectivity index (χ2n) is 5.69. The average Bonchev–Trinajstić information content (AvgIpc) is 3.20. The summed E-state index contributed by atoms with van der Waals surface area (Å²) < 4.78 is 5.79. The summed E-state index contributed by atoms with van der Waals surface area (Å²) in [5.74, 6) is 1.44. The molecule has 0 aromatic heterocycles. The zero-order valence-corrected chi connectivity index (χ0v) is 11.9. The van der Waals surface area contributed by atoms with Gasteiger partial charge in [-0.25, -0.2) is 0 Å². The molecule has 0 heterocycles. The molecule has 2 heteroatoms. The molecule has 3 rings (SSSR count). The van der Waals surface area contributed by atoms with Crippen LogP contribution in [0.5, 0.6) is 5.75 Å². The first-order valence-corrected chi connectivity index (χ1v) is 7.27.